The van der Waals surface area contributed by atoms with Crippen LogP contribution in [0.3, 0.4) is 0 Å². The molecule has 2 bridgehead atoms. The van der Waals surface area contributed by atoms with Gasteiger partial charge in [-0.1, -0.05) is 59.3 Å². The van der Waals surface area contributed by atoms with Crippen LogP contribution < -0.4 is 0 Å². The molecule has 24 heavy (non-hydrogen) atoms. The van der Waals surface area contributed by atoms with E-state index in [4.69, 9.17) is 4.74 Å². The van der Waals surface area contributed by atoms with E-state index in [1.54, 1.807) is 0 Å². The molecule has 0 spiro atoms. The molecule has 2 aliphatic carbocycles. The van der Waals surface area contributed by atoms with Crippen molar-refractivity contribution in [2.24, 2.45) is 23.2 Å². The third kappa shape index (κ3) is 6.76. The van der Waals surface area contributed by atoms with Crippen LogP contribution in [0.15, 0.2) is 0 Å². The number of hydrogen-bond donors (Lipinski definition) is 0. The molecule has 2 unspecified atom stereocenters. The molecule has 0 aromatic heterocycles. The zero-order chi connectivity index (χ0) is 17.4. The molecule has 0 radical (unpaired) electrons. The van der Waals surface area contributed by atoms with Gasteiger partial charge in [-0.25, -0.2) is 0 Å². The summed E-state index contributed by atoms with van der Waals surface area (Å²) in [6.45, 7) is 7.61. The van der Waals surface area contributed by atoms with E-state index in [0.717, 1.165) is 24.2 Å². The first-order valence-electron chi connectivity index (χ1n) is 10.7. The Morgan fingerprint density at radius 3 is 2.17 bits per heavy atom. The van der Waals surface area contributed by atoms with E-state index < -0.39 is 0 Å². The molecule has 2 aliphatic rings. The zero-order valence-electron chi connectivity index (χ0n) is 16.4. The fourth-order valence-corrected chi connectivity index (χ4v) is 5.50. The third-order valence-electron chi connectivity index (χ3n) is 6.28. The smallest absolute Gasteiger partial charge is 0.306 e. The molecule has 2 saturated carbocycles. The van der Waals surface area contributed by atoms with Crippen LogP contribution in [0.4, 0.5) is 0 Å². The van der Waals surface area contributed by atoms with Gasteiger partial charge in [0.05, 0.1) is 13.0 Å². The Labute approximate surface area is 150 Å². The first kappa shape index (κ1) is 19.8. The molecule has 2 heteroatoms. The van der Waals surface area contributed by atoms with Crippen molar-refractivity contribution in [1.29, 1.82) is 0 Å². The molecule has 140 valence electrons. The Bertz CT molecular complexity index is 358. The van der Waals surface area contributed by atoms with Gasteiger partial charge in [-0.15, -0.1) is 0 Å². The van der Waals surface area contributed by atoms with Crippen LogP contribution in [-0.2, 0) is 9.53 Å². The molecule has 2 rings (SSSR count). The summed E-state index contributed by atoms with van der Waals surface area (Å²) in [5.41, 5.74) is 0.199. The summed E-state index contributed by atoms with van der Waals surface area (Å²) in [5.74, 6) is 2.65. The maximum Gasteiger partial charge on any atom is 0.306 e. The van der Waals surface area contributed by atoms with Crippen molar-refractivity contribution in [2.75, 3.05) is 6.61 Å². The van der Waals surface area contributed by atoms with Crippen LogP contribution >= 0.6 is 0 Å². The topological polar surface area (TPSA) is 26.3 Å². The summed E-state index contributed by atoms with van der Waals surface area (Å²) in [7, 11) is 0. The van der Waals surface area contributed by atoms with E-state index >= 15 is 0 Å². The highest BCUT2D eigenvalue weighted by molar-refractivity contribution is 5.70. The van der Waals surface area contributed by atoms with Gasteiger partial charge < -0.3 is 4.74 Å². The standard InChI is InChI=1S/C22H40O2/c1-4-5-6-7-8-9-10-11-24-21(23)17-22(3)15-19-12-18(2)13-20(14-19)16-22/h18-20H,4-17H2,1-3H3. The molecule has 0 heterocycles. The molecule has 0 N–H and O–H groups in total. The second kappa shape index (κ2) is 9.82. The highest BCUT2D eigenvalue weighted by atomic mass is 16.5. The van der Waals surface area contributed by atoms with Crippen LogP contribution in [0, 0.1) is 23.2 Å². The Kier molecular flexibility index (Phi) is 8.10. The van der Waals surface area contributed by atoms with Gasteiger partial charge in [0.2, 0.25) is 0 Å². The Balaban J connectivity index is 1.58. The number of rotatable bonds is 10. The summed E-state index contributed by atoms with van der Waals surface area (Å²) in [5, 5.41) is 0. The number of carbonyl (C=O) groups is 1. The second-order valence-electron chi connectivity index (χ2n) is 9.28. The highest BCUT2D eigenvalue weighted by Gasteiger charge is 2.42. The maximum atomic E-state index is 12.3. The molecule has 2 nitrogen and oxygen atoms in total. The van der Waals surface area contributed by atoms with Gasteiger partial charge in [0.15, 0.2) is 0 Å². The quantitative estimate of drug-likeness (QED) is 0.335. The number of esters is 1. The fourth-order valence-electron chi connectivity index (χ4n) is 5.50. The number of ether oxygens (including phenoxy) is 1. The van der Waals surface area contributed by atoms with Gasteiger partial charge in [-0.3, -0.25) is 4.79 Å². The normalized spacial score (nSPS) is 32.5. The minimum absolute atomic E-state index is 0.0523. The highest BCUT2D eigenvalue weighted by Crippen LogP contribution is 2.51. The van der Waals surface area contributed by atoms with E-state index in [1.165, 1.54) is 70.6 Å². The molecule has 0 aliphatic heterocycles. The largest absolute Gasteiger partial charge is 0.466 e. The van der Waals surface area contributed by atoms with Crippen molar-refractivity contribution < 1.29 is 9.53 Å². The van der Waals surface area contributed by atoms with Crippen LogP contribution in [0.2, 0.25) is 0 Å². The average molecular weight is 337 g/mol. The van der Waals surface area contributed by atoms with Gasteiger partial charge in [-0.05, 0) is 61.7 Å². The van der Waals surface area contributed by atoms with E-state index in [9.17, 15) is 4.79 Å². The lowest BCUT2D eigenvalue weighted by molar-refractivity contribution is -0.147. The number of carbonyl (C=O) groups excluding carboxylic acids is 1. The first-order chi connectivity index (χ1) is 11.5. The number of unbranched alkanes of at least 4 members (excludes halogenated alkanes) is 6. The predicted octanol–water partition coefficient (Wildman–Crippen LogP) is 6.52. The van der Waals surface area contributed by atoms with Gasteiger partial charge in [-0.2, -0.15) is 0 Å². The molecule has 2 fully saturated rings. The van der Waals surface area contributed by atoms with Crippen LogP contribution in [0.25, 0.3) is 0 Å². The van der Waals surface area contributed by atoms with Crippen molar-refractivity contribution in [2.45, 2.75) is 104 Å². The second-order valence-corrected chi connectivity index (χ2v) is 9.28. The maximum absolute atomic E-state index is 12.3. The summed E-state index contributed by atoms with van der Waals surface area (Å²) >= 11 is 0. The lowest BCUT2D eigenvalue weighted by Crippen LogP contribution is -2.37. The third-order valence-corrected chi connectivity index (χ3v) is 6.28. The Hall–Kier alpha value is -0.530. The molecular weight excluding hydrogens is 296 g/mol. The summed E-state index contributed by atoms with van der Waals surface area (Å²) in [6.07, 6.45) is 16.2. The predicted molar refractivity (Wildman–Crippen MR) is 101 cm³/mol. The minimum Gasteiger partial charge on any atom is -0.466 e. The summed E-state index contributed by atoms with van der Waals surface area (Å²) in [6, 6.07) is 0. The van der Waals surface area contributed by atoms with E-state index in [0.29, 0.717) is 13.0 Å². The van der Waals surface area contributed by atoms with Crippen LogP contribution in [0.5, 0.6) is 0 Å². The molecule has 0 saturated heterocycles. The van der Waals surface area contributed by atoms with E-state index in [1.807, 2.05) is 0 Å². The fraction of sp³-hybridized carbons (Fsp3) is 0.955. The monoisotopic (exact) mass is 336 g/mol. The van der Waals surface area contributed by atoms with Gasteiger partial charge in [0.25, 0.3) is 0 Å². The van der Waals surface area contributed by atoms with E-state index in [-0.39, 0.29) is 11.4 Å². The molecule has 0 aromatic rings. The molecule has 0 amide bonds. The van der Waals surface area contributed by atoms with Gasteiger partial charge in [0.1, 0.15) is 0 Å². The van der Waals surface area contributed by atoms with Crippen LogP contribution in [0.1, 0.15) is 104 Å². The van der Waals surface area contributed by atoms with Crippen molar-refractivity contribution in [3.05, 3.63) is 0 Å². The minimum atomic E-state index is 0.0523. The zero-order valence-corrected chi connectivity index (χ0v) is 16.4. The lowest BCUT2D eigenvalue weighted by Gasteiger charge is -2.47. The van der Waals surface area contributed by atoms with Crippen molar-refractivity contribution in [3.63, 3.8) is 0 Å². The summed E-state index contributed by atoms with van der Waals surface area (Å²) in [4.78, 5) is 12.3. The molecular formula is C22H40O2. The van der Waals surface area contributed by atoms with Crippen LogP contribution in [-0.4, -0.2) is 12.6 Å². The Morgan fingerprint density at radius 1 is 0.958 bits per heavy atom. The Morgan fingerprint density at radius 2 is 1.54 bits per heavy atom. The van der Waals surface area contributed by atoms with Crippen molar-refractivity contribution in [1.82, 2.24) is 0 Å². The lowest BCUT2D eigenvalue weighted by atomic mass is 9.58. The SMILES string of the molecule is CCCCCCCCCOC(=O)CC1(C)CC2CC(C)CC(C2)C1. The average Bonchev–Trinajstić information content (AvgIpc) is 2.47. The molecule has 2 atom stereocenters. The number of hydrogen-bond acceptors (Lipinski definition) is 2. The van der Waals surface area contributed by atoms with E-state index in [2.05, 4.69) is 20.8 Å². The van der Waals surface area contributed by atoms with Gasteiger partial charge >= 0.3 is 5.97 Å². The van der Waals surface area contributed by atoms with Crippen molar-refractivity contribution >= 4 is 5.97 Å². The first-order valence-corrected chi connectivity index (χ1v) is 10.7. The summed E-state index contributed by atoms with van der Waals surface area (Å²) < 4.78 is 5.54. The number of fused-ring (bicyclic) bond motifs is 2. The molecule has 0 aromatic carbocycles. The van der Waals surface area contributed by atoms with Crippen molar-refractivity contribution in [3.8, 4) is 0 Å². The van der Waals surface area contributed by atoms with Gasteiger partial charge in [0, 0.05) is 0 Å².